The molecule has 5 aromatic rings. The predicted octanol–water partition coefficient (Wildman–Crippen LogP) is 14.2. The van der Waals surface area contributed by atoms with Crippen molar-refractivity contribution >= 4 is 89.4 Å². The Morgan fingerprint density at radius 3 is 1.28 bits per heavy atom. The van der Waals surface area contributed by atoms with Gasteiger partial charge in [-0.2, -0.15) is 0 Å². The van der Waals surface area contributed by atoms with Crippen molar-refractivity contribution in [3.8, 4) is 11.3 Å². The van der Waals surface area contributed by atoms with Gasteiger partial charge in [0.1, 0.15) is 42.8 Å². The Labute approximate surface area is 497 Å². The van der Waals surface area contributed by atoms with Gasteiger partial charge in [0.2, 0.25) is 0 Å². The van der Waals surface area contributed by atoms with Gasteiger partial charge in [-0.05, 0) is 193 Å². The number of carbonyl (C=O) groups excluding carboxylic acids is 3. The monoisotopic (exact) mass is 1260 g/mol. The number of halogens is 3. The fraction of sp³-hybridized carbons (Fsp3) is 0.531. The summed E-state index contributed by atoms with van der Waals surface area (Å²) in [6.07, 6.45) is 8.94. The van der Waals surface area contributed by atoms with Gasteiger partial charge in [-0.25, -0.2) is 15.0 Å². The van der Waals surface area contributed by atoms with E-state index in [0.29, 0.717) is 43.0 Å². The van der Waals surface area contributed by atoms with Gasteiger partial charge in [0.05, 0.1) is 16.9 Å². The third kappa shape index (κ3) is 16.3. The summed E-state index contributed by atoms with van der Waals surface area (Å²) in [5.74, 6) is 3.06. The second kappa shape index (κ2) is 26.0. The lowest BCUT2D eigenvalue weighted by atomic mass is 9.61. The Morgan fingerprint density at radius 1 is 0.456 bits per heavy atom. The molecule has 11 nitrogen and oxygen atoms in total. The van der Waals surface area contributed by atoms with Crippen LogP contribution < -0.4 is 20.6 Å². The van der Waals surface area contributed by atoms with Crippen LogP contribution in [-0.4, -0.2) is 89.9 Å². The van der Waals surface area contributed by atoms with E-state index in [1.165, 1.54) is 53.5 Å². The van der Waals surface area contributed by atoms with Crippen LogP contribution in [0.3, 0.4) is 0 Å². The van der Waals surface area contributed by atoms with E-state index in [9.17, 15) is 14.4 Å². The van der Waals surface area contributed by atoms with Crippen LogP contribution in [0.2, 0.25) is 0 Å². The molecule has 2 aromatic carbocycles. The largest absolute Gasteiger partial charge is 0.494 e. The minimum atomic E-state index is -0.289. The van der Waals surface area contributed by atoms with Crippen molar-refractivity contribution in [3.63, 3.8) is 0 Å². The van der Waals surface area contributed by atoms with Crippen LogP contribution in [0.5, 0.6) is 0 Å². The molecule has 4 aliphatic heterocycles. The minimum Gasteiger partial charge on any atom is -0.399 e. The zero-order valence-corrected chi connectivity index (χ0v) is 53.7. The second-order valence-corrected chi connectivity index (χ2v) is 27.9. The number of piperidine rings is 3. The number of benzene rings is 2. The van der Waals surface area contributed by atoms with Gasteiger partial charge in [0, 0.05) is 83.4 Å². The number of hydrogen-bond donors (Lipinski definition) is 1. The highest BCUT2D eigenvalue weighted by molar-refractivity contribution is 9.11. The van der Waals surface area contributed by atoms with Crippen molar-refractivity contribution in [1.29, 1.82) is 0 Å². The number of ketones is 3. The standard InChI is InChI=1S/C24H30N2O.C20H31BO2.C10H11BrN2O.C5H3Br2N.C5H9NO/c1-23(2)12-13-24(3,4)20-16-17(8-9-19(20)23)21-6-5-7-22(25-21)26-14-10-18(27)11-15-26;1-17(2)11-12-18(3,4)16-13-14(9-10-15(16)17)21-22-19(5,6)20(7,8)23-21;11-9-2-1-3-10(12-9)13-6-4-8(14)5-7-13;6-4-2-1-3-5(7)8-4;7-5-1-3-6-4-2-5/h5-9,16H,10-15H2,1-4H3;9-10,13H,11-12H2,1-8H3;1-3H,4-7H2;1-3H;6H,1-4H2. The van der Waals surface area contributed by atoms with E-state index in [2.05, 4.69) is 211 Å². The summed E-state index contributed by atoms with van der Waals surface area (Å²) in [4.78, 5) is 50.7. The number of Topliss-reactive ketones (excluding diaryl/α,β-unsaturated/α-hetero) is 3. The number of rotatable bonds is 4. The molecule has 1 N–H and O–H groups in total. The first-order chi connectivity index (χ1) is 37.1. The van der Waals surface area contributed by atoms with Gasteiger partial charge in [-0.1, -0.05) is 104 Å². The molecule has 15 heteroatoms. The third-order valence-electron chi connectivity index (χ3n) is 17.1. The Hall–Kier alpha value is -4.12. The molecule has 6 aliphatic rings. The van der Waals surface area contributed by atoms with Crippen molar-refractivity contribution in [3.05, 3.63) is 127 Å². The van der Waals surface area contributed by atoms with E-state index >= 15 is 0 Å². The van der Waals surface area contributed by atoms with Crippen LogP contribution in [0.4, 0.5) is 11.6 Å². The molecule has 0 saturated carbocycles. The van der Waals surface area contributed by atoms with Gasteiger partial charge >= 0.3 is 7.12 Å². The maximum atomic E-state index is 11.5. The Kier molecular flexibility index (Phi) is 20.6. The molecule has 424 valence electrons. The summed E-state index contributed by atoms with van der Waals surface area (Å²) in [5.41, 5.74) is 9.56. The van der Waals surface area contributed by atoms with Crippen molar-refractivity contribution in [2.24, 2.45) is 0 Å². The zero-order valence-electron chi connectivity index (χ0n) is 49.0. The summed E-state index contributed by atoms with van der Waals surface area (Å²) in [7, 11) is -0.272. The zero-order chi connectivity index (χ0) is 57.6. The number of nitrogens with one attached hydrogen (secondary N) is 1. The molecule has 2 aliphatic carbocycles. The second-order valence-electron chi connectivity index (χ2n) is 25.5. The molecule has 0 bridgehead atoms. The molecule has 4 saturated heterocycles. The van der Waals surface area contributed by atoms with Crippen molar-refractivity contribution in [2.75, 3.05) is 49.1 Å². The summed E-state index contributed by atoms with van der Waals surface area (Å²) in [6.45, 7) is 32.2. The normalized spacial score (nSPS) is 21.0. The smallest absolute Gasteiger partial charge is 0.399 e. The first-order valence-corrected chi connectivity index (χ1v) is 30.7. The first kappa shape index (κ1) is 62.5. The van der Waals surface area contributed by atoms with E-state index in [4.69, 9.17) is 14.3 Å². The topological polar surface area (TPSA) is 127 Å². The Morgan fingerprint density at radius 2 is 0.848 bits per heavy atom. The molecule has 0 amide bonds. The van der Waals surface area contributed by atoms with Crippen LogP contribution in [0.1, 0.15) is 170 Å². The Bertz CT molecular complexity index is 2900. The van der Waals surface area contributed by atoms with Gasteiger partial charge in [0.15, 0.2) is 0 Å². The molecule has 0 radical (unpaired) electrons. The highest BCUT2D eigenvalue weighted by atomic mass is 79.9. The van der Waals surface area contributed by atoms with Crippen LogP contribution in [0.25, 0.3) is 11.3 Å². The Balaban J connectivity index is 0.000000156. The SMILES string of the molecule is Brc1cccc(Br)n1.CC1(C)CCC(C)(C)c2cc(-c3cccc(N4CCC(=O)CC4)n3)ccc21.CC1(C)CCC(C)(C)c2cc(B3OC(C)(C)C(C)(C)O3)ccc21.O=C1CCN(c2cccc(Br)n2)CC1.O=C1CCNCC1. The number of pyridine rings is 3. The maximum absolute atomic E-state index is 11.5. The number of fused-ring (bicyclic) bond motifs is 2. The van der Waals surface area contributed by atoms with E-state index in [-0.39, 0.29) is 40.0 Å². The highest BCUT2D eigenvalue weighted by Gasteiger charge is 2.52. The van der Waals surface area contributed by atoms with Crippen LogP contribution in [-0.2, 0) is 45.4 Å². The molecular formula is C64H84BBr3N6O5. The quantitative estimate of drug-likeness (QED) is 0.136. The number of anilines is 2. The van der Waals surface area contributed by atoms with Crippen LogP contribution in [0.15, 0.2) is 105 Å². The predicted molar refractivity (Wildman–Crippen MR) is 334 cm³/mol. The van der Waals surface area contributed by atoms with E-state index in [1.54, 1.807) is 0 Å². The fourth-order valence-electron chi connectivity index (χ4n) is 10.9. The average Bonchev–Trinajstić information content (AvgIpc) is 3.79. The van der Waals surface area contributed by atoms with Crippen molar-refractivity contribution in [1.82, 2.24) is 20.3 Å². The molecule has 79 heavy (non-hydrogen) atoms. The first-order valence-electron chi connectivity index (χ1n) is 28.4. The van der Waals surface area contributed by atoms with Gasteiger partial charge < -0.3 is 24.4 Å². The molecule has 0 atom stereocenters. The number of nitrogens with zero attached hydrogens (tertiary/aromatic N) is 5. The molecule has 3 aromatic heterocycles. The summed E-state index contributed by atoms with van der Waals surface area (Å²) in [6, 6.07) is 31.5. The fourth-order valence-corrected chi connectivity index (χ4v) is 12.1. The van der Waals surface area contributed by atoms with E-state index < -0.39 is 0 Å². The highest BCUT2D eigenvalue weighted by Crippen LogP contribution is 2.48. The summed E-state index contributed by atoms with van der Waals surface area (Å²) < 4.78 is 15.0. The molecule has 0 spiro atoms. The molecule has 0 unspecified atom stereocenters. The number of carbonyl (C=O) groups is 3. The lowest BCUT2D eigenvalue weighted by Gasteiger charge is -2.42. The van der Waals surface area contributed by atoms with Gasteiger partial charge in [0.25, 0.3) is 0 Å². The summed E-state index contributed by atoms with van der Waals surface area (Å²) in [5, 5.41) is 3.09. The third-order valence-corrected chi connectivity index (χ3v) is 18.4. The average molecular weight is 1270 g/mol. The molecule has 7 heterocycles. The van der Waals surface area contributed by atoms with Crippen molar-refractivity contribution < 1.29 is 23.7 Å². The van der Waals surface area contributed by atoms with Crippen molar-refractivity contribution in [2.45, 2.75) is 180 Å². The van der Waals surface area contributed by atoms with E-state index in [0.717, 1.165) is 88.7 Å². The van der Waals surface area contributed by atoms with Gasteiger partial charge in [-0.3, -0.25) is 14.4 Å². The van der Waals surface area contributed by atoms with Crippen LogP contribution >= 0.6 is 47.8 Å². The number of hydrogen-bond acceptors (Lipinski definition) is 11. The molecular weight excluding hydrogens is 1180 g/mol. The lowest BCUT2D eigenvalue weighted by molar-refractivity contribution is -0.120. The van der Waals surface area contributed by atoms with Crippen LogP contribution in [0, 0.1) is 0 Å². The number of aromatic nitrogens is 3. The maximum Gasteiger partial charge on any atom is 0.494 e. The van der Waals surface area contributed by atoms with E-state index in [1.807, 2.05) is 36.4 Å². The minimum absolute atomic E-state index is 0.200. The van der Waals surface area contributed by atoms with Gasteiger partial charge in [-0.15, -0.1) is 0 Å². The molecule has 4 fully saturated rings. The summed E-state index contributed by atoms with van der Waals surface area (Å²) >= 11 is 9.78. The molecule has 11 rings (SSSR count). The lowest BCUT2D eigenvalue weighted by Crippen LogP contribution is -2.41.